The molecule has 1 amide bonds. The first-order valence-corrected chi connectivity index (χ1v) is 7.50. The molecule has 116 valence electrons. The number of ether oxygens (including phenoxy) is 2. The zero-order chi connectivity index (χ0) is 14.9. The zero-order valence-electron chi connectivity index (χ0n) is 12.6. The number of hydrogen-bond acceptors (Lipinski definition) is 4. The summed E-state index contributed by atoms with van der Waals surface area (Å²) in [7, 11) is 1.62. The highest BCUT2D eigenvalue weighted by molar-refractivity contribution is 5.78. The lowest BCUT2D eigenvalue weighted by molar-refractivity contribution is -0.120. The predicted octanol–water partition coefficient (Wildman–Crippen LogP) is 1.12. The summed E-state index contributed by atoms with van der Waals surface area (Å²) in [6, 6.07) is 7.56. The van der Waals surface area contributed by atoms with Crippen molar-refractivity contribution in [2.24, 2.45) is 0 Å². The van der Waals surface area contributed by atoms with Crippen LogP contribution in [-0.4, -0.2) is 45.4 Å². The molecule has 0 aliphatic carbocycles. The number of hydrogen-bond donors (Lipinski definition) is 2. The second-order valence-electron chi connectivity index (χ2n) is 5.20. The Balaban J connectivity index is 1.62. The fourth-order valence-electron chi connectivity index (χ4n) is 2.41. The van der Waals surface area contributed by atoms with Gasteiger partial charge in [0.2, 0.25) is 5.91 Å². The summed E-state index contributed by atoms with van der Waals surface area (Å²) in [5.74, 6) is 0.784. The van der Waals surface area contributed by atoms with E-state index < -0.39 is 0 Å². The average molecular weight is 292 g/mol. The van der Waals surface area contributed by atoms with Gasteiger partial charge in [-0.25, -0.2) is 0 Å². The van der Waals surface area contributed by atoms with Gasteiger partial charge >= 0.3 is 0 Å². The Kier molecular flexibility index (Phi) is 6.50. The summed E-state index contributed by atoms with van der Waals surface area (Å²) in [5, 5.41) is 6.19. The first-order valence-electron chi connectivity index (χ1n) is 7.50. The van der Waals surface area contributed by atoms with Gasteiger partial charge in [-0.1, -0.05) is 12.1 Å². The monoisotopic (exact) mass is 292 g/mol. The Hall–Kier alpha value is -1.59. The lowest BCUT2D eigenvalue weighted by Crippen LogP contribution is -2.35. The molecule has 5 heteroatoms. The van der Waals surface area contributed by atoms with E-state index in [9.17, 15) is 4.79 Å². The third-order valence-corrected chi connectivity index (χ3v) is 3.56. The minimum atomic E-state index is 0.0113. The molecule has 2 rings (SSSR count). The molecule has 1 aliphatic rings. The van der Waals surface area contributed by atoms with Gasteiger partial charge in [0.15, 0.2) is 0 Å². The van der Waals surface area contributed by atoms with Crippen LogP contribution in [0.15, 0.2) is 24.3 Å². The molecule has 0 radical (unpaired) electrons. The lowest BCUT2D eigenvalue weighted by Gasteiger charge is -2.22. The van der Waals surface area contributed by atoms with Gasteiger partial charge < -0.3 is 20.1 Å². The molecule has 1 aliphatic heterocycles. The summed E-state index contributed by atoms with van der Waals surface area (Å²) in [5.41, 5.74) is 0.950. The molecule has 21 heavy (non-hydrogen) atoms. The van der Waals surface area contributed by atoms with Crippen LogP contribution in [0.25, 0.3) is 0 Å². The Labute approximate surface area is 126 Å². The number of carbonyl (C=O) groups excluding carboxylic acids is 1. The Morgan fingerprint density at radius 1 is 1.38 bits per heavy atom. The fourth-order valence-corrected chi connectivity index (χ4v) is 2.41. The molecule has 0 spiro atoms. The van der Waals surface area contributed by atoms with Gasteiger partial charge in [-0.2, -0.15) is 0 Å². The van der Waals surface area contributed by atoms with Gasteiger partial charge in [0.25, 0.3) is 0 Å². The summed E-state index contributed by atoms with van der Waals surface area (Å²) in [6.45, 7) is 3.18. The maximum atomic E-state index is 11.8. The van der Waals surface area contributed by atoms with Crippen molar-refractivity contribution in [1.82, 2.24) is 10.6 Å². The largest absolute Gasteiger partial charge is 0.497 e. The normalized spacial score (nSPS) is 15.7. The van der Waals surface area contributed by atoms with Gasteiger partial charge in [0.1, 0.15) is 5.75 Å². The van der Waals surface area contributed by atoms with Gasteiger partial charge in [-0.3, -0.25) is 4.79 Å². The van der Waals surface area contributed by atoms with Gasteiger partial charge in [-0.05, 0) is 43.6 Å². The van der Waals surface area contributed by atoms with Crippen LogP contribution in [-0.2, 0) is 16.0 Å². The van der Waals surface area contributed by atoms with Crippen molar-refractivity contribution in [3.8, 4) is 5.75 Å². The third-order valence-electron chi connectivity index (χ3n) is 3.56. The van der Waals surface area contributed by atoms with E-state index in [1.165, 1.54) is 0 Å². The first-order chi connectivity index (χ1) is 10.3. The molecule has 0 unspecified atom stereocenters. The van der Waals surface area contributed by atoms with Crippen LogP contribution in [0.2, 0.25) is 0 Å². The van der Waals surface area contributed by atoms with Crippen LogP contribution in [0.4, 0.5) is 0 Å². The topological polar surface area (TPSA) is 59.6 Å². The Morgan fingerprint density at radius 2 is 2.19 bits per heavy atom. The maximum Gasteiger partial charge on any atom is 0.224 e. The van der Waals surface area contributed by atoms with Crippen molar-refractivity contribution < 1.29 is 14.3 Å². The van der Waals surface area contributed by atoms with E-state index in [1.807, 2.05) is 24.3 Å². The van der Waals surface area contributed by atoms with Crippen molar-refractivity contribution in [2.45, 2.75) is 25.4 Å². The summed E-state index contributed by atoms with van der Waals surface area (Å²) >= 11 is 0. The third kappa shape index (κ3) is 5.73. The summed E-state index contributed by atoms with van der Waals surface area (Å²) < 4.78 is 10.9. The smallest absolute Gasteiger partial charge is 0.224 e. The van der Waals surface area contributed by atoms with Gasteiger partial charge in [-0.15, -0.1) is 0 Å². The second-order valence-corrected chi connectivity index (χ2v) is 5.20. The van der Waals surface area contributed by atoms with Crippen LogP contribution in [0.3, 0.4) is 0 Å². The van der Waals surface area contributed by atoms with Crippen LogP contribution in [0.1, 0.15) is 18.4 Å². The summed E-state index contributed by atoms with van der Waals surface area (Å²) in [6.07, 6.45) is 2.81. The molecule has 1 saturated heterocycles. The molecule has 0 atom stereocenters. The summed E-state index contributed by atoms with van der Waals surface area (Å²) in [4.78, 5) is 11.8. The number of benzene rings is 1. The standard InChI is InChI=1S/C16H24N2O3/c1-20-15-4-2-3-13(11-15)12-16(19)18-9-10-21-14-5-7-17-8-6-14/h2-4,11,14,17H,5-10,12H2,1H3,(H,18,19). The van der Waals surface area contributed by atoms with E-state index in [2.05, 4.69) is 10.6 Å². The van der Waals surface area contributed by atoms with E-state index >= 15 is 0 Å². The van der Waals surface area contributed by atoms with Crippen molar-refractivity contribution in [2.75, 3.05) is 33.4 Å². The lowest BCUT2D eigenvalue weighted by atomic mass is 10.1. The SMILES string of the molecule is COc1cccc(CC(=O)NCCOC2CCNCC2)c1. The highest BCUT2D eigenvalue weighted by Gasteiger charge is 2.12. The number of nitrogens with one attached hydrogen (secondary N) is 2. The minimum absolute atomic E-state index is 0.0113. The zero-order valence-corrected chi connectivity index (χ0v) is 12.6. The highest BCUT2D eigenvalue weighted by Crippen LogP contribution is 2.12. The Bertz CT molecular complexity index is 445. The molecule has 1 aromatic rings. The van der Waals surface area contributed by atoms with E-state index in [-0.39, 0.29) is 5.91 Å². The maximum absolute atomic E-state index is 11.8. The van der Waals surface area contributed by atoms with Crippen molar-refractivity contribution >= 4 is 5.91 Å². The molecular formula is C16H24N2O3. The van der Waals surface area contributed by atoms with E-state index in [0.29, 0.717) is 25.7 Å². The van der Waals surface area contributed by atoms with Crippen LogP contribution >= 0.6 is 0 Å². The Morgan fingerprint density at radius 3 is 2.95 bits per heavy atom. The fraction of sp³-hybridized carbons (Fsp3) is 0.562. The van der Waals surface area contributed by atoms with E-state index in [4.69, 9.17) is 9.47 Å². The van der Waals surface area contributed by atoms with E-state index in [1.54, 1.807) is 7.11 Å². The predicted molar refractivity (Wildman–Crippen MR) is 81.6 cm³/mol. The highest BCUT2D eigenvalue weighted by atomic mass is 16.5. The van der Waals surface area contributed by atoms with Crippen LogP contribution < -0.4 is 15.4 Å². The number of rotatable bonds is 7. The molecular weight excluding hydrogens is 268 g/mol. The van der Waals surface area contributed by atoms with Crippen LogP contribution in [0, 0.1) is 0 Å². The molecule has 5 nitrogen and oxygen atoms in total. The molecule has 1 heterocycles. The molecule has 2 N–H and O–H groups in total. The molecule has 0 bridgehead atoms. The number of carbonyl (C=O) groups is 1. The second kappa shape index (κ2) is 8.64. The number of methoxy groups -OCH3 is 1. The number of piperidine rings is 1. The molecule has 0 saturated carbocycles. The van der Waals surface area contributed by atoms with E-state index in [0.717, 1.165) is 37.2 Å². The number of amides is 1. The van der Waals surface area contributed by atoms with Gasteiger partial charge in [0, 0.05) is 6.54 Å². The van der Waals surface area contributed by atoms with Crippen LogP contribution in [0.5, 0.6) is 5.75 Å². The van der Waals surface area contributed by atoms with Gasteiger partial charge in [0.05, 0.1) is 26.2 Å². The molecule has 1 fully saturated rings. The minimum Gasteiger partial charge on any atom is -0.497 e. The molecule has 1 aromatic carbocycles. The van der Waals surface area contributed by atoms with Crippen molar-refractivity contribution in [3.05, 3.63) is 29.8 Å². The van der Waals surface area contributed by atoms with Crippen molar-refractivity contribution in [1.29, 1.82) is 0 Å². The van der Waals surface area contributed by atoms with Crippen molar-refractivity contribution in [3.63, 3.8) is 0 Å². The molecule has 0 aromatic heterocycles. The average Bonchev–Trinajstić information content (AvgIpc) is 2.53. The first kappa shape index (κ1) is 15.8. The quantitative estimate of drug-likeness (QED) is 0.740.